The van der Waals surface area contributed by atoms with Crippen molar-refractivity contribution < 1.29 is 18.7 Å². The molecule has 0 radical (unpaired) electrons. The van der Waals surface area contributed by atoms with Gasteiger partial charge in [0.25, 0.3) is 0 Å². The van der Waals surface area contributed by atoms with Gasteiger partial charge in [-0.05, 0) is 56.1 Å². The van der Waals surface area contributed by atoms with Crippen molar-refractivity contribution in [1.29, 1.82) is 0 Å². The number of hydrogen-bond donors (Lipinski definition) is 0. The van der Waals surface area contributed by atoms with Crippen molar-refractivity contribution in [3.63, 3.8) is 0 Å². The average molecular weight is 360 g/mol. The van der Waals surface area contributed by atoms with Gasteiger partial charge in [0, 0.05) is 26.6 Å². The highest BCUT2D eigenvalue weighted by molar-refractivity contribution is 5.69. The largest absolute Gasteiger partial charge is 0.494 e. The normalized spacial score (nSPS) is 11.9. The van der Waals surface area contributed by atoms with Gasteiger partial charge in [-0.3, -0.25) is 0 Å². The van der Waals surface area contributed by atoms with Crippen LogP contribution < -0.4 is 9.47 Å². The zero-order valence-electron chi connectivity index (χ0n) is 15.6. The van der Waals surface area contributed by atoms with E-state index in [-0.39, 0.29) is 11.9 Å². The van der Waals surface area contributed by atoms with Crippen molar-refractivity contribution in [3.05, 3.63) is 59.9 Å². The molecule has 140 valence electrons. The van der Waals surface area contributed by atoms with Crippen molar-refractivity contribution in [2.75, 3.05) is 34.8 Å². The van der Waals surface area contributed by atoms with Gasteiger partial charge in [-0.15, -0.1) is 0 Å². The van der Waals surface area contributed by atoms with Crippen LogP contribution >= 0.6 is 0 Å². The third kappa shape index (κ3) is 5.74. The van der Waals surface area contributed by atoms with Gasteiger partial charge in [0.05, 0.1) is 6.61 Å². The van der Waals surface area contributed by atoms with Gasteiger partial charge >= 0.3 is 6.09 Å². The van der Waals surface area contributed by atoms with Crippen LogP contribution in [0.15, 0.2) is 48.5 Å². The molecule has 6 heteroatoms. The van der Waals surface area contributed by atoms with E-state index in [9.17, 15) is 9.18 Å². The van der Waals surface area contributed by atoms with Crippen LogP contribution in [0.2, 0.25) is 0 Å². The second kappa shape index (κ2) is 9.20. The summed E-state index contributed by atoms with van der Waals surface area (Å²) >= 11 is 0. The summed E-state index contributed by atoms with van der Waals surface area (Å²) in [7, 11) is 7.28. The number of carbonyl (C=O) groups is 1. The molecular formula is C20H25FN2O3. The zero-order chi connectivity index (χ0) is 19.1. The number of amides is 1. The van der Waals surface area contributed by atoms with Crippen LogP contribution in [0.25, 0.3) is 0 Å². The number of halogens is 1. The van der Waals surface area contributed by atoms with E-state index < -0.39 is 6.09 Å². The Kier molecular flexibility index (Phi) is 6.97. The minimum absolute atomic E-state index is 0.147. The Morgan fingerprint density at radius 3 is 2.08 bits per heavy atom. The summed E-state index contributed by atoms with van der Waals surface area (Å²) in [5.74, 6) is 0.876. The summed E-state index contributed by atoms with van der Waals surface area (Å²) in [5.41, 5.74) is 1.10. The van der Waals surface area contributed by atoms with Crippen molar-refractivity contribution in [3.8, 4) is 11.5 Å². The number of hydrogen-bond acceptors (Lipinski definition) is 4. The first kappa shape index (κ1) is 19.7. The van der Waals surface area contributed by atoms with Crippen molar-refractivity contribution in [1.82, 2.24) is 9.80 Å². The highest BCUT2D eigenvalue weighted by Crippen LogP contribution is 2.25. The molecule has 1 unspecified atom stereocenters. The molecule has 2 aromatic carbocycles. The maximum Gasteiger partial charge on any atom is 0.414 e. The molecule has 0 heterocycles. The lowest BCUT2D eigenvalue weighted by Gasteiger charge is -2.25. The monoisotopic (exact) mass is 360 g/mol. The van der Waals surface area contributed by atoms with Crippen molar-refractivity contribution in [2.24, 2.45) is 0 Å². The fraction of sp³-hybridized carbons (Fsp3) is 0.350. The molecule has 0 N–H and O–H groups in total. The van der Waals surface area contributed by atoms with Crippen LogP contribution in [-0.4, -0.2) is 50.7 Å². The number of benzene rings is 2. The fourth-order valence-electron chi connectivity index (χ4n) is 2.49. The van der Waals surface area contributed by atoms with E-state index in [1.165, 1.54) is 17.0 Å². The zero-order valence-corrected chi connectivity index (χ0v) is 15.6. The molecule has 0 bridgehead atoms. The Morgan fingerprint density at radius 1 is 0.962 bits per heavy atom. The lowest BCUT2D eigenvalue weighted by Crippen LogP contribution is -2.25. The molecule has 0 saturated heterocycles. The van der Waals surface area contributed by atoms with Gasteiger partial charge in [-0.1, -0.05) is 12.1 Å². The lowest BCUT2D eigenvalue weighted by molar-refractivity contribution is 0.172. The second-order valence-electron chi connectivity index (χ2n) is 6.40. The maximum atomic E-state index is 12.9. The topological polar surface area (TPSA) is 42.0 Å². The number of nitrogens with zero attached hydrogens (tertiary/aromatic N) is 2. The van der Waals surface area contributed by atoms with E-state index in [4.69, 9.17) is 9.47 Å². The van der Waals surface area contributed by atoms with Gasteiger partial charge in [0.15, 0.2) is 0 Å². The van der Waals surface area contributed by atoms with Gasteiger partial charge in [0.1, 0.15) is 17.3 Å². The Labute approximate surface area is 153 Å². The minimum Gasteiger partial charge on any atom is -0.494 e. The molecule has 5 nitrogen and oxygen atoms in total. The standard InChI is InChI=1S/C20H25FN2O3/c1-22(2)19(13-14-25-17-11-7-16(21)8-12-17)15-5-9-18(10-6-15)26-20(24)23(3)4/h5-12,19H,13-14H2,1-4H3. The first-order valence-electron chi connectivity index (χ1n) is 8.40. The highest BCUT2D eigenvalue weighted by Gasteiger charge is 2.15. The lowest BCUT2D eigenvalue weighted by atomic mass is 10.0. The van der Waals surface area contributed by atoms with Crippen LogP contribution in [0.3, 0.4) is 0 Å². The van der Waals surface area contributed by atoms with Crippen molar-refractivity contribution >= 4 is 6.09 Å². The summed E-state index contributed by atoms with van der Waals surface area (Å²) in [6.45, 7) is 0.506. The summed E-state index contributed by atoms with van der Waals surface area (Å²) in [6, 6.07) is 13.6. The molecule has 1 atom stereocenters. The van der Waals surface area contributed by atoms with Gasteiger partial charge < -0.3 is 19.3 Å². The molecule has 0 saturated carbocycles. The predicted molar refractivity (Wildman–Crippen MR) is 99.1 cm³/mol. The van der Waals surface area contributed by atoms with Crippen LogP contribution in [0, 0.1) is 5.82 Å². The van der Waals surface area contributed by atoms with E-state index in [0.29, 0.717) is 18.1 Å². The van der Waals surface area contributed by atoms with Crippen LogP contribution in [0.5, 0.6) is 11.5 Å². The predicted octanol–water partition coefficient (Wildman–Crippen LogP) is 3.96. The quantitative estimate of drug-likeness (QED) is 0.750. The Balaban J connectivity index is 1.95. The summed E-state index contributed by atoms with van der Waals surface area (Å²) in [6.07, 6.45) is 0.357. The molecule has 1 amide bonds. The van der Waals surface area contributed by atoms with Gasteiger partial charge in [-0.2, -0.15) is 0 Å². The molecule has 2 rings (SSSR count). The fourth-order valence-corrected chi connectivity index (χ4v) is 2.49. The van der Waals surface area contributed by atoms with Gasteiger partial charge in [-0.25, -0.2) is 9.18 Å². The molecule has 0 aliphatic heterocycles. The van der Waals surface area contributed by atoms with Crippen LogP contribution in [0.1, 0.15) is 18.0 Å². The van der Waals surface area contributed by atoms with Gasteiger partial charge in [0.2, 0.25) is 0 Å². The smallest absolute Gasteiger partial charge is 0.414 e. The third-order valence-corrected chi connectivity index (χ3v) is 3.93. The van der Waals surface area contributed by atoms with Crippen molar-refractivity contribution in [2.45, 2.75) is 12.5 Å². The van der Waals surface area contributed by atoms with Crippen LogP contribution in [0.4, 0.5) is 9.18 Å². The van der Waals surface area contributed by atoms with Crippen LogP contribution in [-0.2, 0) is 0 Å². The number of carbonyl (C=O) groups excluding carboxylic acids is 1. The summed E-state index contributed by atoms with van der Waals surface area (Å²) in [4.78, 5) is 15.1. The Bertz CT molecular complexity index is 700. The molecule has 26 heavy (non-hydrogen) atoms. The van der Waals surface area contributed by atoms with E-state index in [0.717, 1.165) is 12.0 Å². The molecule has 0 aliphatic carbocycles. The molecular weight excluding hydrogens is 335 g/mol. The molecule has 0 fully saturated rings. The Hall–Kier alpha value is -2.60. The van der Waals surface area contributed by atoms with E-state index in [2.05, 4.69) is 4.90 Å². The summed E-state index contributed by atoms with van der Waals surface area (Å²) in [5, 5.41) is 0. The summed E-state index contributed by atoms with van der Waals surface area (Å²) < 4.78 is 23.9. The molecule has 0 aliphatic rings. The third-order valence-electron chi connectivity index (χ3n) is 3.93. The first-order valence-corrected chi connectivity index (χ1v) is 8.40. The Morgan fingerprint density at radius 2 is 1.54 bits per heavy atom. The maximum absolute atomic E-state index is 12.9. The number of ether oxygens (including phenoxy) is 2. The first-order chi connectivity index (χ1) is 12.4. The molecule has 0 aromatic heterocycles. The molecule has 2 aromatic rings. The number of rotatable bonds is 7. The highest BCUT2D eigenvalue weighted by atomic mass is 19.1. The minimum atomic E-state index is -0.408. The average Bonchev–Trinajstić information content (AvgIpc) is 2.61. The second-order valence-corrected chi connectivity index (χ2v) is 6.40. The van der Waals surface area contributed by atoms with E-state index in [1.807, 2.05) is 26.2 Å². The molecule has 0 spiro atoms. The SMILES string of the molecule is CN(C)C(=O)Oc1ccc(C(CCOc2ccc(F)cc2)N(C)C)cc1. The van der Waals surface area contributed by atoms with E-state index in [1.54, 1.807) is 38.4 Å². The van der Waals surface area contributed by atoms with E-state index >= 15 is 0 Å².